The van der Waals surface area contributed by atoms with Crippen LogP contribution >= 0.6 is 0 Å². The van der Waals surface area contributed by atoms with Gasteiger partial charge >= 0.3 is 0 Å². The quantitative estimate of drug-likeness (QED) is 0.683. The molecule has 5 nitrogen and oxygen atoms in total. The number of nitrogens with zero attached hydrogens (tertiary/aromatic N) is 1. The first-order chi connectivity index (χ1) is 8.13. The van der Waals surface area contributed by atoms with Gasteiger partial charge in [-0.25, -0.2) is 0 Å². The number of nitrogens with two attached hydrogens (primary N) is 1. The highest BCUT2D eigenvalue weighted by molar-refractivity contribution is 5.44. The Morgan fingerprint density at radius 2 is 2.18 bits per heavy atom. The molecular formula is C12H16N2O3. The zero-order valence-electron chi connectivity index (χ0n) is 9.63. The van der Waals surface area contributed by atoms with Gasteiger partial charge in [-0.1, -0.05) is 0 Å². The summed E-state index contributed by atoms with van der Waals surface area (Å²) in [6.07, 6.45) is -1.86. The molecule has 0 fully saturated rings. The van der Waals surface area contributed by atoms with Crippen LogP contribution < -0.4 is 10.5 Å². The second-order valence-corrected chi connectivity index (χ2v) is 3.65. The second-order valence-electron chi connectivity index (χ2n) is 3.65. The van der Waals surface area contributed by atoms with Crippen molar-refractivity contribution in [3.8, 4) is 11.8 Å². The first kappa shape index (κ1) is 13.5. The van der Waals surface area contributed by atoms with E-state index in [1.54, 1.807) is 18.2 Å². The van der Waals surface area contributed by atoms with Gasteiger partial charge in [0.1, 0.15) is 11.9 Å². The van der Waals surface area contributed by atoms with Crippen molar-refractivity contribution in [3.05, 3.63) is 29.3 Å². The Bertz CT molecular complexity index is 415. The molecule has 1 aromatic rings. The molecule has 0 saturated heterocycles. The van der Waals surface area contributed by atoms with Crippen molar-refractivity contribution in [2.75, 3.05) is 13.7 Å². The second kappa shape index (κ2) is 6.21. The summed E-state index contributed by atoms with van der Waals surface area (Å²) >= 11 is 0. The monoisotopic (exact) mass is 236 g/mol. The van der Waals surface area contributed by atoms with Crippen molar-refractivity contribution in [1.29, 1.82) is 5.26 Å². The predicted molar refractivity (Wildman–Crippen MR) is 62.3 cm³/mol. The lowest BCUT2D eigenvalue weighted by molar-refractivity contribution is 0.0147. The molecule has 0 aliphatic carbocycles. The van der Waals surface area contributed by atoms with E-state index in [1.807, 2.05) is 6.07 Å². The van der Waals surface area contributed by atoms with Crippen LogP contribution in [0.1, 0.15) is 23.7 Å². The van der Waals surface area contributed by atoms with Crippen LogP contribution in [0, 0.1) is 11.3 Å². The van der Waals surface area contributed by atoms with E-state index in [1.165, 1.54) is 7.11 Å². The van der Waals surface area contributed by atoms with Crippen LogP contribution in [0.4, 0.5) is 0 Å². The number of rotatable bonds is 5. The molecule has 0 aromatic heterocycles. The van der Waals surface area contributed by atoms with E-state index < -0.39 is 12.2 Å². The topological polar surface area (TPSA) is 99.5 Å². The largest absolute Gasteiger partial charge is 0.497 e. The number of hydrogen-bond donors (Lipinski definition) is 3. The number of nitriles is 1. The number of aliphatic hydroxyl groups excluding tert-OH is 2. The van der Waals surface area contributed by atoms with Crippen molar-refractivity contribution in [2.45, 2.75) is 18.6 Å². The Morgan fingerprint density at radius 3 is 2.71 bits per heavy atom. The van der Waals surface area contributed by atoms with E-state index in [2.05, 4.69) is 0 Å². The van der Waals surface area contributed by atoms with Gasteiger partial charge in [-0.15, -0.1) is 0 Å². The van der Waals surface area contributed by atoms with Gasteiger partial charge in [0.2, 0.25) is 0 Å². The minimum Gasteiger partial charge on any atom is -0.497 e. The van der Waals surface area contributed by atoms with Crippen molar-refractivity contribution >= 4 is 0 Å². The SMILES string of the molecule is COc1ccc(C#N)c(C(O)C(O)CCN)c1. The van der Waals surface area contributed by atoms with E-state index in [-0.39, 0.29) is 13.0 Å². The van der Waals surface area contributed by atoms with Crippen LogP contribution in [0.25, 0.3) is 0 Å². The van der Waals surface area contributed by atoms with E-state index in [0.717, 1.165) is 0 Å². The van der Waals surface area contributed by atoms with Crippen molar-refractivity contribution in [1.82, 2.24) is 0 Å². The summed E-state index contributed by atoms with van der Waals surface area (Å²) < 4.78 is 5.02. The summed E-state index contributed by atoms with van der Waals surface area (Å²) in [5.74, 6) is 0.526. The number of aliphatic hydroxyl groups is 2. The molecule has 5 heteroatoms. The molecule has 4 N–H and O–H groups in total. The average molecular weight is 236 g/mol. The number of methoxy groups -OCH3 is 1. The molecule has 1 aromatic carbocycles. The number of benzene rings is 1. The highest BCUT2D eigenvalue weighted by Crippen LogP contribution is 2.26. The van der Waals surface area contributed by atoms with Crippen LogP contribution in [0.3, 0.4) is 0 Å². The lowest BCUT2D eigenvalue weighted by Crippen LogP contribution is -2.22. The zero-order valence-corrected chi connectivity index (χ0v) is 9.63. The molecule has 1 rings (SSSR count). The minimum absolute atomic E-state index is 0.267. The van der Waals surface area contributed by atoms with Gasteiger partial charge in [-0.2, -0.15) is 5.26 Å². The van der Waals surface area contributed by atoms with Crippen LogP contribution in [0.2, 0.25) is 0 Å². The third-order valence-corrected chi connectivity index (χ3v) is 2.52. The van der Waals surface area contributed by atoms with E-state index in [0.29, 0.717) is 16.9 Å². The smallest absolute Gasteiger partial charge is 0.119 e. The Hall–Kier alpha value is -1.61. The molecule has 92 valence electrons. The summed E-state index contributed by atoms with van der Waals surface area (Å²) in [4.78, 5) is 0. The van der Waals surface area contributed by atoms with Gasteiger partial charge < -0.3 is 20.7 Å². The number of ether oxygens (including phenoxy) is 1. The maximum absolute atomic E-state index is 9.94. The Morgan fingerprint density at radius 1 is 1.47 bits per heavy atom. The zero-order chi connectivity index (χ0) is 12.8. The Kier molecular flexibility index (Phi) is 4.91. The maximum atomic E-state index is 9.94. The van der Waals surface area contributed by atoms with Crippen molar-refractivity contribution < 1.29 is 14.9 Å². The van der Waals surface area contributed by atoms with Crippen LogP contribution in [-0.2, 0) is 0 Å². The molecule has 0 spiro atoms. The third kappa shape index (κ3) is 3.17. The Labute approximate surface area is 100 Å². The predicted octanol–water partition coefficient (Wildman–Crippen LogP) is 0.310. The fraction of sp³-hybridized carbons (Fsp3) is 0.417. The van der Waals surface area contributed by atoms with Gasteiger partial charge in [0.15, 0.2) is 0 Å². The highest BCUT2D eigenvalue weighted by atomic mass is 16.5. The fourth-order valence-electron chi connectivity index (χ4n) is 1.55. The molecule has 17 heavy (non-hydrogen) atoms. The molecular weight excluding hydrogens is 220 g/mol. The van der Waals surface area contributed by atoms with Crippen molar-refractivity contribution in [2.24, 2.45) is 5.73 Å². The summed E-state index contributed by atoms with van der Waals surface area (Å²) in [5.41, 5.74) is 5.98. The summed E-state index contributed by atoms with van der Waals surface area (Å²) in [5, 5.41) is 28.5. The molecule has 0 radical (unpaired) electrons. The first-order valence-corrected chi connectivity index (χ1v) is 5.28. The van der Waals surface area contributed by atoms with Crippen LogP contribution in [0.5, 0.6) is 5.75 Å². The first-order valence-electron chi connectivity index (χ1n) is 5.28. The lowest BCUT2D eigenvalue weighted by Gasteiger charge is -2.19. The third-order valence-electron chi connectivity index (χ3n) is 2.52. The van der Waals surface area contributed by atoms with Gasteiger partial charge in [-0.3, -0.25) is 0 Å². The van der Waals surface area contributed by atoms with E-state index in [4.69, 9.17) is 15.7 Å². The van der Waals surface area contributed by atoms with Gasteiger partial charge in [0.05, 0.1) is 24.8 Å². The summed E-state index contributed by atoms with van der Waals surface area (Å²) in [6, 6.07) is 6.69. The normalized spacial score (nSPS) is 13.8. The standard InChI is InChI=1S/C12H16N2O3/c1-17-9-3-2-8(7-14)10(6-9)12(16)11(15)4-5-13/h2-3,6,11-12,15-16H,4-5,13H2,1H3. The molecule has 0 saturated carbocycles. The molecule has 0 aliphatic rings. The van der Waals surface area contributed by atoms with Crippen LogP contribution in [0.15, 0.2) is 18.2 Å². The number of hydrogen-bond acceptors (Lipinski definition) is 5. The Balaban J connectivity index is 3.05. The molecule has 0 bridgehead atoms. The lowest BCUT2D eigenvalue weighted by atomic mass is 9.97. The fourth-order valence-corrected chi connectivity index (χ4v) is 1.55. The molecule has 0 amide bonds. The molecule has 0 aliphatic heterocycles. The van der Waals surface area contributed by atoms with Crippen LogP contribution in [-0.4, -0.2) is 30.0 Å². The molecule has 0 heterocycles. The van der Waals surface area contributed by atoms with Gasteiger partial charge in [-0.05, 0) is 31.2 Å². The average Bonchev–Trinajstić information content (AvgIpc) is 2.37. The van der Waals surface area contributed by atoms with E-state index >= 15 is 0 Å². The highest BCUT2D eigenvalue weighted by Gasteiger charge is 2.21. The molecule has 2 unspecified atom stereocenters. The summed E-state index contributed by atoms with van der Waals surface area (Å²) in [6.45, 7) is 0.268. The van der Waals surface area contributed by atoms with E-state index in [9.17, 15) is 10.2 Å². The van der Waals surface area contributed by atoms with Gasteiger partial charge in [0.25, 0.3) is 0 Å². The van der Waals surface area contributed by atoms with Crippen molar-refractivity contribution in [3.63, 3.8) is 0 Å². The van der Waals surface area contributed by atoms with Gasteiger partial charge in [0, 0.05) is 5.56 Å². The maximum Gasteiger partial charge on any atom is 0.119 e. The summed E-state index contributed by atoms with van der Waals surface area (Å²) in [7, 11) is 1.49. The minimum atomic E-state index is -1.14. The molecule has 2 atom stereocenters.